The number of anilines is 1. The third-order valence-corrected chi connectivity index (χ3v) is 3.88. The maximum absolute atomic E-state index is 14.4. The summed E-state index contributed by atoms with van der Waals surface area (Å²) in [4.78, 5) is 4.11. The van der Waals surface area contributed by atoms with Gasteiger partial charge in [0.25, 0.3) is 0 Å². The minimum Gasteiger partial charge on any atom is -0.364 e. The van der Waals surface area contributed by atoms with Crippen molar-refractivity contribution in [2.24, 2.45) is 0 Å². The molecule has 0 aromatic carbocycles. The van der Waals surface area contributed by atoms with E-state index < -0.39 is 0 Å². The monoisotopic (exact) mass is 299 g/mol. The Bertz CT molecular complexity index is 418. The Morgan fingerprint density at radius 1 is 1.40 bits per heavy atom. The van der Waals surface area contributed by atoms with E-state index in [1.807, 2.05) is 18.7 Å². The molecule has 0 amide bonds. The Labute approximate surface area is 126 Å². The lowest BCUT2D eigenvalue weighted by Crippen LogP contribution is -2.35. The zero-order valence-corrected chi connectivity index (χ0v) is 13.9. The molecule has 0 aliphatic rings. The number of aromatic nitrogens is 1. The van der Waals surface area contributed by atoms with Crippen molar-refractivity contribution in [1.29, 1.82) is 0 Å². The zero-order chi connectivity index (χ0) is 15.2. The van der Waals surface area contributed by atoms with Crippen molar-refractivity contribution < 1.29 is 4.39 Å². The third-order valence-electron chi connectivity index (χ3n) is 2.73. The highest BCUT2D eigenvalue weighted by molar-refractivity contribution is 7.99. The molecule has 1 atom stereocenters. The molecule has 3 nitrogen and oxygen atoms in total. The van der Waals surface area contributed by atoms with Gasteiger partial charge in [-0.2, -0.15) is 11.8 Å². The van der Waals surface area contributed by atoms with E-state index in [4.69, 9.17) is 0 Å². The van der Waals surface area contributed by atoms with E-state index in [2.05, 4.69) is 43.3 Å². The molecule has 1 heterocycles. The van der Waals surface area contributed by atoms with Crippen LogP contribution in [0.4, 0.5) is 10.2 Å². The molecule has 20 heavy (non-hydrogen) atoms. The van der Waals surface area contributed by atoms with Crippen molar-refractivity contribution >= 4 is 17.6 Å². The van der Waals surface area contributed by atoms with Gasteiger partial charge >= 0.3 is 0 Å². The summed E-state index contributed by atoms with van der Waals surface area (Å²) in [7, 11) is 0. The normalized spacial score (nSPS) is 13.3. The van der Waals surface area contributed by atoms with E-state index in [-0.39, 0.29) is 17.4 Å². The Morgan fingerprint density at radius 3 is 2.70 bits per heavy atom. The predicted molar refractivity (Wildman–Crippen MR) is 86.9 cm³/mol. The van der Waals surface area contributed by atoms with E-state index in [1.165, 1.54) is 0 Å². The Hall–Kier alpha value is -0.810. The summed E-state index contributed by atoms with van der Waals surface area (Å²) >= 11 is 1.83. The van der Waals surface area contributed by atoms with Crippen LogP contribution in [-0.4, -0.2) is 28.1 Å². The number of pyridine rings is 1. The number of thioether (sulfide) groups is 1. The maximum atomic E-state index is 14.4. The van der Waals surface area contributed by atoms with E-state index in [1.54, 1.807) is 12.3 Å². The second-order valence-corrected chi connectivity index (χ2v) is 7.26. The molecular formula is C15H26FN3S. The van der Waals surface area contributed by atoms with Crippen LogP contribution in [0.5, 0.6) is 0 Å². The average molecular weight is 299 g/mol. The van der Waals surface area contributed by atoms with Crippen molar-refractivity contribution in [2.75, 3.05) is 16.8 Å². The Kier molecular flexibility index (Phi) is 6.76. The molecule has 0 saturated carbocycles. The van der Waals surface area contributed by atoms with E-state index in [0.29, 0.717) is 17.9 Å². The first-order valence-electron chi connectivity index (χ1n) is 7.06. The summed E-state index contributed by atoms with van der Waals surface area (Å²) in [5, 5.41) is 6.44. The van der Waals surface area contributed by atoms with E-state index >= 15 is 0 Å². The summed E-state index contributed by atoms with van der Waals surface area (Å²) in [5.74, 6) is 2.11. The standard InChI is InChI=1S/C15H26FN3S/c1-6-20-10-11(2)19-14-13(16)12(7-8-17-14)9-18-15(3,4)5/h7-8,11,18H,6,9-10H2,1-5H3,(H,17,19). The van der Waals surface area contributed by atoms with Crippen LogP contribution in [-0.2, 0) is 6.54 Å². The second-order valence-electron chi connectivity index (χ2n) is 5.94. The second kappa shape index (κ2) is 7.84. The minimum absolute atomic E-state index is 0.0334. The Morgan fingerprint density at radius 2 is 2.10 bits per heavy atom. The molecule has 1 aromatic heterocycles. The first-order chi connectivity index (χ1) is 9.33. The highest BCUT2D eigenvalue weighted by Crippen LogP contribution is 2.17. The lowest BCUT2D eigenvalue weighted by molar-refractivity contribution is 0.418. The van der Waals surface area contributed by atoms with E-state index in [9.17, 15) is 4.39 Å². The first kappa shape index (κ1) is 17.2. The predicted octanol–water partition coefficient (Wildman–Crippen LogP) is 3.66. The van der Waals surface area contributed by atoms with Gasteiger partial charge in [-0.15, -0.1) is 0 Å². The smallest absolute Gasteiger partial charge is 0.169 e. The SMILES string of the molecule is CCSCC(C)Nc1nccc(CNC(C)(C)C)c1F. The summed E-state index contributed by atoms with van der Waals surface area (Å²) in [6.07, 6.45) is 1.66. The van der Waals surface area contributed by atoms with Crippen molar-refractivity contribution in [3.05, 3.63) is 23.6 Å². The summed E-state index contributed by atoms with van der Waals surface area (Å²) < 4.78 is 14.4. The molecule has 0 saturated heterocycles. The molecule has 114 valence electrons. The molecule has 0 aliphatic carbocycles. The zero-order valence-electron chi connectivity index (χ0n) is 13.1. The third kappa shape index (κ3) is 6.09. The van der Waals surface area contributed by atoms with Gasteiger partial charge in [-0.3, -0.25) is 0 Å². The van der Waals surface area contributed by atoms with Crippen molar-refractivity contribution in [1.82, 2.24) is 10.3 Å². The molecule has 0 spiro atoms. The largest absolute Gasteiger partial charge is 0.364 e. The quantitative estimate of drug-likeness (QED) is 0.805. The van der Waals surface area contributed by atoms with Gasteiger partial charge < -0.3 is 10.6 Å². The van der Waals surface area contributed by atoms with Gasteiger partial charge in [0.1, 0.15) is 0 Å². The molecule has 1 aromatic rings. The topological polar surface area (TPSA) is 37.0 Å². The highest BCUT2D eigenvalue weighted by Gasteiger charge is 2.14. The van der Waals surface area contributed by atoms with Gasteiger partial charge in [-0.05, 0) is 39.5 Å². The number of halogens is 1. The van der Waals surface area contributed by atoms with Crippen LogP contribution < -0.4 is 10.6 Å². The molecule has 2 N–H and O–H groups in total. The number of nitrogens with zero attached hydrogens (tertiary/aromatic N) is 1. The van der Waals surface area contributed by atoms with E-state index in [0.717, 1.165) is 11.5 Å². The lowest BCUT2D eigenvalue weighted by atomic mass is 10.1. The lowest BCUT2D eigenvalue weighted by Gasteiger charge is -2.21. The molecule has 1 unspecified atom stereocenters. The molecule has 0 bridgehead atoms. The fourth-order valence-corrected chi connectivity index (χ4v) is 2.32. The van der Waals surface area contributed by atoms with Crippen LogP contribution >= 0.6 is 11.8 Å². The van der Waals surface area contributed by atoms with Crippen molar-refractivity contribution in [2.45, 2.75) is 52.7 Å². The van der Waals surface area contributed by atoms with Gasteiger partial charge in [-0.1, -0.05) is 6.92 Å². The molecule has 1 rings (SSSR count). The van der Waals surface area contributed by atoms with Crippen LogP contribution in [0.2, 0.25) is 0 Å². The fraction of sp³-hybridized carbons (Fsp3) is 0.667. The number of nitrogens with one attached hydrogen (secondary N) is 2. The maximum Gasteiger partial charge on any atom is 0.169 e. The van der Waals surface area contributed by atoms with Gasteiger partial charge in [0, 0.05) is 35.6 Å². The average Bonchev–Trinajstić information content (AvgIpc) is 2.36. The first-order valence-corrected chi connectivity index (χ1v) is 8.21. The summed E-state index contributed by atoms with van der Waals surface area (Å²) in [6, 6.07) is 1.93. The number of hydrogen-bond donors (Lipinski definition) is 2. The number of hydrogen-bond acceptors (Lipinski definition) is 4. The van der Waals surface area contributed by atoms with Gasteiger partial charge in [-0.25, -0.2) is 9.37 Å². The number of rotatable bonds is 7. The minimum atomic E-state index is -0.252. The van der Waals surface area contributed by atoms with Gasteiger partial charge in [0.15, 0.2) is 11.6 Å². The molecule has 5 heteroatoms. The van der Waals surface area contributed by atoms with Crippen LogP contribution in [0.25, 0.3) is 0 Å². The summed E-state index contributed by atoms with van der Waals surface area (Å²) in [6.45, 7) is 10.9. The van der Waals surface area contributed by atoms with Crippen LogP contribution in [0.15, 0.2) is 12.3 Å². The van der Waals surface area contributed by atoms with Crippen LogP contribution in [0.3, 0.4) is 0 Å². The van der Waals surface area contributed by atoms with Gasteiger partial charge in [0.05, 0.1) is 0 Å². The van der Waals surface area contributed by atoms with Crippen molar-refractivity contribution in [3.63, 3.8) is 0 Å². The molecule has 0 fully saturated rings. The molecule has 0 radical (unpaired) electrons. The van der Waals surface area contributed by atoms with Crippen LogP contribution in [0.1, 0.15) is 40.2 Å². The highest BCUT2D eigenvalue weighted by atomic mass is 32.2. The molecule has 0 aliphatic heterocycles. The summed E-state index contributed by atoms with van der Waals surface area (Å²) in [5.41, 5.74) is 0.613. The van der Waals surface area contributed by atoms with Crippen molar-refractivity contribution in [3.8, 4) is 0 Å². The Balaban J connectivity index is 2.69. The fourth-order valence-electron chi connectivity index (χ4n) is 1.65. The van der Waals surface area contributed by atoms with Crippen LogP contribution in [0, 0.1) is 5.82 Å². The molecular weight excluding hydrogens is 273 g/mol. The van der Waals surface area contributed by atoms with Gasteiger partial charge in [0.2, 0.25) is 0 Å².